The lowest BCUT2D eigenvalue weighted by molar-refractivity contribution is -0.120. The lowest BCUT2D eigenvalue weighted by atomic mass is 9.85. The number of amides is 2. The van der Waals surface area contributed by atoms with Gasteiger partial charge in [-0.05, 0) is 69.4 Å². The summed E-state index contributed by atoms with van der Waals surface area (Å²) in [5, 5.41) is 6.06. The molecule has 0 radical (unpaired) electrons. The zero-order valence-corrected chi connectivity index (χ0v) is 16.4. The molecule has 6 heteroatoms. The number of anilines is 1. The summed E-state index contributed by atoms with van der Waals surface area (Å²) in [6, 6.07) is 9.17. The normalized spacial score (nSPS) is 18.9. The van der Waals surface area contributed by atoms with E-state index in [9.17, 15) is 9.59 Å². The smallest absolute Gasteiger partial charge is 0.251 e. The quantitative estimate of drug-likeness (QED) is 0.799. The minimum absolute atomic E-state index is 0.0327. The number of carbonyl (C=O) groups excluding carboxylic acids is 2. The molecule has 2 amide bonds. The molecule has 0 bridgehead atoms. The highest BCUT2D eigenvalue weighted by molar-refractivity contribution is 5.95. The van der Waals surface area contributed by atoms with E-state index in [1.807, 2.05) is 32.0 Å². The second-order valence-corrected chi connectivity index (χ2v) is 7.16. The van der Waals surface area contributed by atoms with Gasteiger partial charge in [-0.3, -0.25) is 14.6 Å². The fourth-order valence-electron chi connectivity index (χ4n) is 3.49. The van der Waals surface area contributed by atoms with E-state index in [2.05, 4.69) is 15.6 Å². The average molecular weight is 381 g/mol. The summed E-state index contributed by atoms with van der Waals surface area (Å²) in [4.78, 5) is 29.1. The van der Waals surface area contributed by atoms with Gasteiger partial charge in [-0.25, -0.2) is 0 Å². The second kappa shape index (κ2) is 9.35. The molecule has 1 fully saturated rings. The largest absolute Gasteiger partial charge is 0.494 e. The first-order valence-electron chi connectivity index (χ1n) is 9.82. The van der Waals surface area contributed by atoms with Crippen molar-refractivity contribution in [3.63, 3.8) is 0 Å². The molecule has 1 aliphatic carbocycles. The molecule has 2 aromatic rings. The van der Waals surface area contributed by atoms with Crippen molar-refractivity contribution >= 4 is 17.5 Å². The molecule has 28 heavy (non-hydrogen) atoms. The van der Waals surface area contributed by atoms with E-state index in [1.165, 1.54) is 0 Å². The van der Waals surface area contributed by atoms with Gasteiger partial charge in [0.2, 0.25) is 5.91 Å². The van der Waals surface area contributed by atoms with Crippen molar-refractivity contribution in [2.75, 3.05) is 11.9 Å². The number of rotatable bonds is 6. The van der Waals surface area contributed by atoms with Gasteiger partial charge in [0.05, 0.1) is 18.5 Å². The Hall–Kier alpha value is -2.89. The molecule has 0 spiro atoms. The van der Waals surface area contributed by atoms with E-state index in [4.69, 9.17) is 4.74 Å². The third kappa shape index (κ3) is 5.09. The van der Waals surface area contributed by atoms with Gasteiger partial charge in [-0.15, -0.1) is 0 Å². The van der Waals surface area contributed by atoms with Crippen molar-refractivity contribution in [3.8, 4) is 5.75 Å². The Labute approximate surface area is 165 Å². The SMILES string of the molecule is CCOc1cccc(C(=O)NC2CCC(C(=O)Nc3cnccc3C)CC2)c1. The first kappa shape index (κ1) is 19.9. The Kier molecular flexibility index (Phi) is 6.63. The predicted molar refractivity (Wildman–Crippen MR) is 108 cm³/mol. The molecule has 1 aromatic heterocycles. The average Bonchev–Trinajstić information content (AvgIpc) is 2.71. The molecule has 0 unspecified atom stereocenters. The van der Waals surface area contributed by atoms with Gasteiger partial charge in [-0.2, -0.15) is 0 Å². The summed E-state index contributed by atoms with van der Waals surface area (Å²) in [7, 11) is 0. The molecule has 1 heterocycles. The topological polar surface area (TPSA) is 80.3 Å². The maximum atomic E-state index is 12.5. The number of hydrogen-bond acceptors (Lipinski definition) is 4. The maximum absolute atomic E-state index is 12.5. The van der Waals surface area contributed by atoms with Crippen molar-refractivity contribution in [3.05, 3.63) is 53.9 Å². The first-order chi connectivity index (χ1) is 13.6. The van der Waals surface area contributed by atoms with Crippen molar-refractivity contribution in [1.82, 2.24) is 10.3 Å². The summed E-state index contributed by atoms with van der Waals surface area (Å²) in [5.74, 6) is 0.598. The van der Waals surface area contributed by atoms with Crippen LogP contribution in [0.3, 0.4) is 0 Å². The molecular formula is C22H27N3O3. The van der Waals surface area contributed by atoms with E-state index in [0.717, 1.165) is 36.9 Å². The van der Waals surface area contributed by atoms with Gasteiger partial charge in [0.15, 0.2) is 0 Å². The Morgan fingerprint density at radius 3 is 2.68 bits per heavy atom. The zero-order valence-electron chi connectivity index (χ0n) is 16.4. The second-order valence-electron chi connectivity index (χ2n) is 7.16. The summed E-state index contributed by atoms with van der Waals surface area (Å²) in [6.07, 6.45) is 6.49. The van der Waals surface area contributed by atoms with Crippen molar-refractivity contribution in [1.29, 1.82) is 0 Å². The number of aryl methyl sites for hydroxylation is 1. The molecule has 6 nitrogen and oxygen atoms in total. The lowest BCUT2D eigenvalue weighted by Crippen LogP contribution is -2.39. The van der Waals surface area contributed by atoms with Crippen LogP contribution in [0.1, 0.15) is 48.5 Å². The molecule has 1 aliphatic rings. The molecule has 0 saturated heterocycles. The van der Waals surface area contributed by atoms with E-state index in [1.54, 1.807) is 24.5 Å². The molecule has 148 valence electrons. The van der Waals surface area contributed by atoms with Crippen LogP contribution in [0.5, 0.6) is 5.75 Å². The number of hydrogen-bond donors (Lipinski definition) is 2. The van der Waals surface area contributed by atoms with Crippen LogP contribution in [-0.2, 0) is 4.79 Å². The Bertz CT molecular complexity index is 829. The van der Waals surface area contributed by atoms with Gasteiger partial charge in [0.25, 0.3) is 5.91 Å². The van der Waals surface area contributed by atoms with Crippen LogP contribution in [0.15, 0.2) is 42.7 Å². The fourth-order valence-corrected chi connectivity index (χ4v) is 3.49. The third-order valence-corrected chi connectivity index (χ3v) is 5.14. The summed E-state index contributed by atoms with van der Waals surface area (Å²) in [5.41, 5.74) is 2.36. The third-order valence-electron chi connectivity index (χ3n) is 5.14. The number of nitrogens with zero attached hydrogens (tertiary/aromatic N) is 1. The van der Waals surface area contributed by atoms with Crippen LogP contribution < -0.4 is 15.4 Å². The van der Waals surface area contributed by atoms with Crippen LogP contribution >= 0.6 is 0 Å². The predicted octanol–water partition coefficient (Wildman–Crippen LogP) is 3.72. The van der Waals surface area contributed by atoms with Gasteiger partial charge >= 0.3 is 0 Å². The minimum atomic E-state index is -0.0968. The van der Waals surface area contributed by atoms with Crippen LogP contribution in [0, 0.1) is 12.8 Å². The molecular weight excluding hydrogens is 354 g/mol. The highest BCUT2D eigenvalue weighted by Crippen LogP contribution is 2.26. The van der Waals surface area contributed by atoms with Crippen molar-refractivity contribution < 1.29 is 14.3 Å². The summed E-state index contributed by atoms with van der Waals surface area (Å²) in [6.45, 7) is 4.43. The standard InChI is InChI=1S/C22H27N3O3/c1-3-28-19-6-4-5-17(13-19)22(27)24-18-9-7-16(8-10-18)21(26)25-20-14-23-12-11-15(20)2/h4-6,11-14,16,18H,3,7-10H2,1-2H3,(H,24,27)(H,25,26). The van der Waals surface area contributed by atoms with Gasteiger partial charge in [0, 0.05) is 23.7 Å². The van der Waals surface area contributed by atoms with Crippen LogP contribution in [-0.4, -0.2) is 29.4 Å². The Morgan fingerprint density at radius 2 is 1.96 bits per heavy atom. The molecule has 1 saturated carbocycles. The van der Waals surface area contributed by atoms with Crippen LogP contribution in [0.25, 0.3) is 0 Å². The van der Waals surface area contributed by atoms with Crippen molar-refractivity contribution in [2.24, 2.45) is 5.92 Å². The van der Waals surface area contributed by atoms with Crippen LogP contribution in [0.4, 0.5) is 5.69 Å². The lowest BCUT2D eigenvalue weighted by Gasteiger charge is -2.28. The number of benzene rings is 1. The van der Waals surface area contributed by atoms with E-state index < -0.39 is 0 Å². The van der Waals surface area contributed by atoms with Crippen molar-refractivity contribution in [2.45, 2.75) is 45.6 Å². The maximum Gasteiger partial charge on any atom is 0.251 e. The highest BCUT2D eigenvalue weighted by atomic mass is 16.5. The molecule has 0 atom stereocenters. The summed E-state index contributed by atoms with van der Waals surface area (Å²) >= 11 is 0. The van der Waals surface area contributed by atoms with E-state index >= 15 is 0 Å². The number of pyridine rings is 1. The highest BCUT2D eigenvalue weighted by Gasteiger charge is 2.27. The number of nitrogens with one attached hydrogen (secondary N) is 2. The fraction of sp³-hybridized carbons (Fsp3) is 0.409. The minimum Gasteiger partial charge on any atom is -0.494 e. The first-order valence-corrected chi connectivity index (χ1v) is 9.82. The zero-order chi connectivity index (χ0) is 19.9. The van der Waals surface area contributed by atoms with E-state index in [-0.39, 0.29) is 23.8 Å². The number of carbonyl (C=O) groups is 2. The number of aromatic nitrogens is 1. The molecule has 3 rings (SSSR count). The van der Waals surface area contributed by atoms with Gasteiger partial charge in [-0.1, -0.05) is 6.07 Å². The van der Waals surface area contributed by atoms with Gasteiger partial charge < -0.3 is 15.4 Å². The van der Waals surface area contributed by atoms with E-state index in [0.29, 0.717) is 17.9 Å². The monoisotopic (exact) mass is 381 g/mol. The Morgan fingerprint density at radius 1 is 1.18 bits per heavy atom. The Balaban J connectivity index is 1.50. The van der Waals surface area contributed by atoms with Gasteiger partial charge in [0.1, 0.15) is 5.75 Å². The molecule has 0 aliphatic heterocycles. The number of ether oxygens (including phenoxy) is 1. The summed E-state index contributed by atoms with van der Waals surface area (Å²) < 4.78 is 5.46. The molecule has 2 N–H and O–H groups in total. The van der Waals surface area contributed by atoms with Crippen LogP contribution in [0.2, 0.25) is 0 Å². The molecule has 1 aromatic carbocycles.